The van der Waals surface area contributed by atoms with Crippen molar-refractivity contribution in [3.05, 3.63) is 22.4 Å². The first-order valence-corrected chi connectivity index (χ1v) is 7.53. The second-order valence-electron chi connectivity index (χ2n) is 5.21. The number of thiophene rings is 1. The highest BCUT2D eigenvalue weighted by atomic mass is 32.1. The summed E-state index contributed by atoms with van der Waals surface area (Å²) in [7, 11) is 0. The van der Waals surface area contributed by atoms with E-state index in [1.165, 1.54) is 24.1 Å². The van der Waals surface area contributed by atoms with Crippen molar-refractivity contribution in [2.75, 3.05) is 0 Å². The van der Waals surface area contributed by atoms with E-state index in [1.54, 1.807) is 0 Å². The minimum atomic E-state index is 0.221. The molecule has 2 nitrogen and oxygen atoms in total. The molecule has 17 heavy (non-hydrogen) atoms. The van der Waals surface area contributed by atoms with Crippen molar-refractivity contribution in [2.24, 2.45) is 0 Å². The zero-order valence-corrected chi connectivity index (χ0v) is 10.9. The molecule has 3 rings (SSSR count). The smallest absolute Gasteiger partial charge is 0.149 e. The second-order valence-corrected chi connectivity index (χ2v) is 6.24. The number of hydrogen-bond donors (Lipinski definition) is 0. The summed E-state index contributed by atoms with van der Waals surface area (Å²) in [4.78, 5) is 15.9. The summed E-state index contributed by atoms with van der Waals surface area (Å²) in [5.41, 5.74) is 0. The number of ketones is 1. The molecule has 0 spiro atoms. The maximum atomic E-state index is 12.1. The molecule has 0 bridgehead atoms. The Morgan fingerprint density at radius 1 is 1.29 bits per heavy atom. The highest BCUT2D eigenvalue weighted by Crippen LogP contribution is 2.34. The fourth-order valence-electron chi connectivity index (χ4n) is 2.80. The lowest BCUT2D eigenvalue weighted by Gasteiger charge is -2.33. The molecule has 1 unspecified atom stereocenters. The second kappa shape index (κ2) is 4.91. The van der Waals surface area contributed by atoms with Gasteiger partial charge >= 0.3 is 0 Å². The summed E-state index contributed by atoms with van der Waals surface area (Å²) in [5.74, 6) is 0.486. The molecule has 92 valence electrons. The topological polar surface area (TPSA) is 20.3 Å². The van der Waals surface area contributed by atoms with Crippen molar-refractivity contribution in [3.8, 4) is 0 Å². The van der Waals surface area contributed by atoms with Gasteiger partial charge in [-0.15, -0.1) is 11.3 Å². The van der Waals surface area contributed by atoms with Crippen molar-refractivity contribution in [1.29, 1.82) is 0 Å². The Kier molecular flexibility index (Phi) is 3.30. The quantitative estimate of drug-likeness (QED) is 0.816. The number of carbonyl (C=O) groups excluding carboxylic acids is 1. The van der Waals surface area contributed by atoms with Crippen LogP contribution in [-0.4, -0.2) is 22.8 Å². The Bertz CT molecular complexity index is 383. The lowest BCUT2D eigenvalue weighted by atomic mass is 9.92. The van der Waals surface area contributed by atoms with Crippen LogP contribution >= 0.6 is 11.3 Å². The third-order valence-corrected chi connectivity index (χ3v) is 4.72. The highest BCUT2D eigenvalue weighted by Gasteiger charge is 2.37. The number of rotatable bonds is 4. The van der Waals surface area contributed by atoms with Crippen LogP contribution in [-0.2, 0) is 11.3 Å². The minimum absolute atomic E-state index is 0.221. The molecule has 2 saturated carbocycles. The van der Waals surface area contributed by atoms with Crippen LogP contribution < -0.4 is 0 Å². The Morgan fingerprint density at radius 2 is 2.18 bits per heavy atom. The van der Waals surface area contributed by atoms with Crippen molar-refractivity contribution in [2.45, 2.75) is 57.2 Å². The third-order valence-electron chi connectivity index (χ3n) is 3.86. The lowest BCUT2D eigenvalue weighted by Crippen LogP contribution is -2.43. The summed E-state index contributed by atoms with van der Waals surface area (Å²) >= 11 is 1.81. The minimum Gasteiger partial charge on any atom is -0.298 e. The van der Waals surface area contributed by atoms with Crippen molar-refractivity contribution < 1.29 is 4.79 Å². The predicted octanol–water partition coefficient (Wildman–Crippen LogP) is 3.22. The molecule has 0 aromatic carbocycles. The van der Waals surface area contributed by atoms with Crippen molar-refractivity contribution in [3.63, 3.8) is 0 Å². The number of nitrogens with zero attached hydrogens (tertiary/aromatic N) is 1. The van der Waals surface area contributed by atoms with E-state index in [0.717, 1.165) is 25.8 Å². The normalized spacial score (nSPS) is 25.5. The summed E-state index contributed by atoms with van der Waals surface area (Å²) in [6.45, 7) is 0.985. The molecule has 0 aliphatic heterocycles. The average Bonchev–Trinajstić information content (AvgIpc) is 3.05. The van der Waals surface area contributed by atoms with Gasteiger partial charge in [0.15, 0.2) is 0 Å². The zero-order chi connectivity index (χ0) is 11.7. The molecule has 0 radical (unpaired) electrons. The molecule has 1 heterocycles. The molecule has 2 aliphatic rings. The summed E-state index contributed by atoms with van der Waals surface area (Å²) in [6.07, 6.45) is 6.79. The van der Waals surface area contributed by atoms with Gasteiger partial charge in [-0.1, -0.05) is 12.5 Å². The number of Topliss-reactive ketones (excluding diaryl/α,β-unsaturated/α-hetero) is 1. The van der Waals surface area contributed by atoms with Crippen LogP contribution in [0.1, 0.15) is 43.4 Å². The van der Waals surface area contributed by atoms with Gasteiger partial charge in [-0.2, -0.15) is 0 Å². The lowest BCUT2D eigenvalue weighted by molar-refractivity contribution is -0.126. The molecular formula is C14H19NOS. The van der Waals surface area contributed by atoms with Crippen molar-refractivity contribution in [1.82, 2.24) is 4.90 Å². The summed E-state index contributed by atoms with van der Waals surface area (Å²) < 4.78 is 0. The molecule has 1 aromatic rings. The van der Waals surface area contributed by atoms with Crippen LogP contribution in [0.3, 0.4) is 0 Å². The van der Waals surface area contributed by atoms with E-state index in [9.17, 15) is 4.79 Å². The van der Waals surface area contributed by atoms with E-state index in [1.807, 2.05) is 11.3 Å². The first kappa shape index (κ1) is 11.4. The molecular weight excluding hydrogens is 230 g/mol. The van der Waals surface area contributed by atoms with Gasteiger partial charge in [0.1, 0.15) is 5.78 Å². The third kappa shape index (κ3) is 2.61. The maximum absolute atomic E-state index is 12.1. The highest BCUT2D eigenvalue weighted by molar-refractivity contribution is 7.09. The summed E-state index contributed by atoms with van der Waals surface area (Å²) in [5, 5.41) is 2.13. The van der Waals surface area contributed by atoms with Gasteiger partial charge in [-0.3, -0.25) is 9.69 Å². The molecule has 1 atom stereocenters. The van der Waals surface area contributed by atoms with Gasteiger partial charge in [-0.05, 0) is 37.1 Å². The standard InChI is InChI=1S/C14H19NOS/c16-14-6-2-1-5-13(14)15(11-7-8-11)10-12-4-3-9-17-12/h3-4,9,11,13H,1-2,5-8,10H2. The van der Waals surface area contributed by atoms with Crippen LogP contribution in [0.15, 0.2) is 17.5 Å². The largest absolute Gasteiger partial charge is 0.298 e. The van der Waals surface area contributed by atoms with Gasteiger partial charge < -0.3 is 0 Å². The van der Waals surface area contributed by atoms with Gasteiger partial charge in [0.2, 0.25) is 0 Å². The van der Waals surface area contributed by atoms with Crippen LogP contribution in [0.4, 0.5) is 0 Å². The van der Waals surface area contributed by atoms with Gasteiger partial charge in [0, 0.05) is 23.9 Å². The Hall–Kier alpha value is -0.670. The molecule has 0 N–H and O–H groups in total. The van der Waals surface area contributed by atoms with E-state index in [-0.39, 0.29) is 6.04 Å². The predicted molar refractivity (Wildman–Crippen MR) is 70.1 cm³/mol. The first-order valence-electron chi connectivity index (χ1n) is 6.65. The Morgan fingerprint density at radius 3 is 2.82 bits per heavy atom. The first-order chi connectivity index (χ1) is 8.34. The summed E-state index contributed by atoms with van der Waals surface area (Å²) in [6, 6.07) is 5.20. The molecule has 3 heteroatoms. The van der Waals surface area contributed by atoms with E-state index in [4.69, 9.17) is 0 Å². The van der Waals surface area contributed by atoms with Gasteiger partial charge in [0.05, 0.1) is 6.04 Å². The molecule has 0 amide bonds. The molecule has 0 saturated heterocycles. The van der Waals surface area contributed by atoms with Crippen LogP contribution in [0.2, 0.25) is 0 Å². The van der Waals surface area contributed by atoms with Crippen LogP contribution in [0.25, 0.3) is 0 Å². The maximum Gasteiger partial charge on any atom is 0.149 e. The number of carbonyl (C=O) groups is 1. The van der Waals surface area contributed by atoms with Crippen LogP contribution in [0, 0.1) is 0 Å². The Balaban J connectivity index is 1.72. The van der Waals surface area contributed by atoms with Gasteiger partial charge in [-0.25, -0.2) is 0 Å². The average molecular weight is 249 g/mol. The Labute approximate surface area is 107 Å². The molecule has 1 aromatic heterocycles. The molecule has 2 aliphatic carbocycles. The zero-order valence-electron chi connectivity index (χ0n) is 10.1. The van der Waals surface area contributed by atoms with Crippen LogP contribution in [0.5, 0.6) is 0 Å². The SMILES string of the molecule is O=C1CCCCC1N(Cc1cccs1)C1CC1. The van der Waals surface area contributed by atoms with E-state index < -0.39 is 0 Å². The van der Waals surface area contributed by atoms with Crippen molar-refractivity contribution >= 4 is 17.1 Å². The fraction of sp³-hybridized carbons (Fsp3) is 0.643. The fourth-order valence-corrected chi connectivity index (χ4v) is 3.51. The molecule has 2 fully saturated rings. The van der Waals surface area contributed by atoms with E-state index >= 15 is 0 Å². The monoisotopic (exact) mass is 249 g/mol. The van der Waals surface area contributed by atoms with Gasteiger partial charge in [0.25, 0.3) is 0 Å². The van der Waals surface area contributed by atoms with E-state index in [2.05, 4.69) is 22.4 Å². The van der Waals surface area contributed by atoms with E-state index in [0.29, 0.717) is 11.8 Å². The number of hydrogen-bond acceptors (Lipinski definition) is 3.